The Morgan fingerprint density at radius 1 is 1.38 bits per heavy atom. The first-order valence-corrected chi connectivity index (χ1v) is 7.08. The summed E-state index contributed by atoms with van der Waals surface area (Å²) in [5.74, 6) is 1.83. The topological polar surface area (TPSA) is 50.8 Å². The van der Waals surface area contributed by atoms with Gasteiger partial charge in [-0.25, -0.2) is 0 Å². The van der Waals surface area contributed by atoms with Gasteiger partial charge in [0.05, 0.1) is 12.5 Å². The van der Waals surface area contributed by atoms with Crippen LogP contribution in [0.5, 0.6) is 11.5 Å². The molecule has 116 valence electrons. The second-order valence-electron chi connectivity index (χ2n) is 5.41. The molecular weight excluding hydrogens is 292 g/mol. The Labute approximate surface area is 131 Å². The molecule has 0 spiro atoms. The highest BCUT2D eigenvalue weighted by Gasteiger charge is 2.28. The predicted molar refractivity (Wildman–Crippen MR) is 82.2 cm³/mol. The minimum absolute atomic E-state index is 0. The third kappa shape index (κ3) is 3.60. The molecule has 0 saturated carbocycles. The van der Waals surface area contributed by atoms with Crippen molar-refractivity contribution < 1.29 is 14.3 Å². The zero-order valence-electron chi connectivity index (χ0n) is 12.1. The van der Waals surface area contributed by atoms with E-state index in [1.54, 1.807) is 4.90 Å². The summed E-state index contributed by atoms with van der Waals surface area (Å²) in [7, 11) is 1.84. The molecule has 2 unspecified atom stereocenters. The molecule has 2 atom stereocenters. The summed E-state index contributed by atoms with van der Waals surface area (Å²) in [6.45, 7) is 2.76. The molecule has 3 rings (SSSR count). The highest BCUT2D eigenvalue weighted by Crippen LogP contribution is 2.31. The fourth-order valence-corrected chi connectivity index (χ4v) is 2.73. The molecule has 0 aliphatic carbocycles. The Morgan fingerprint density at radius 3 is 2.86 bits per heavy atom. The average molecular weight is 313 g/mol. The SMILES string of the molecule is CN(CC1COc2ccccc2O1)C(=O)C1CCNC1.Cl. The lowest BCUT2D eigenvalue weighted by molar-refractivity contribution is -0.135. The van der Waals surface area contributed by atoms with Gasteiger partial charge in [0.1, 0.15) is 6.61 Å². The van der Waals surface area contributed by atoms with E-state index in [4.69, 9.17) is 9.47 Å². The van der Waals surface area contributed by atoms with Crippen LogP contribution >= 0.6 is 12.4 Å². The van der Waals surface area contributed by atoms with Gasteiger partial charge in [-0.15, -0.1) is 12.4 Å². The summed E-state index contributed by atoms with van der Waals surface area (Å²) in [4.78, 5) is 14.0. The van der Waals surface area contributed by atoms with Gasteiger partial charge >= 0.3 is 0 Å². The van der Waals surface area contributed by atoms with E-state index in [9.17, 15) is 4.79 Å². The van der Waals surface area contributed by atoms with Crippen LogP contribution in [0.4, 0.5) is 0 Å². The van der Waals surface area contributed by atoms with Gasteiger partial charge in [0.25, 0.3) is 0 Å². The van der Waals surface area contributed by atoms with Crippen LogP contribution in [0.25, 0.3) is 0 Å². The van der Waals surface area contributed by atoms with Crippen molar-refractivity contribution in [2.75, 3.05) is 33.3 Å². The van der Waals surface area contributed by atoms with Gasteiger partial charge in [0.2, 0.25) is 5.91 Å². The van der Waals surface area contributed by atoms with Crippen molar-refractivity contribution in [2.24, 2.45) is 5.92 Å². The number of hydrogen-bond acceptors (Lipinski definition) is 4. The van der Waals surface area contributed by atoms with Crippen molar-refractivity contribution in [3.63, 3.8) is 0 Å². The number of carbonyl (C=O) groups is 1. The molecule has 2 aliphatic rings. The molecule has 21 heavy (non-hydrogen) atoms. The Hall–Kier alpha value is -1.46. The van der Waals surface area contributed by atoms with Crippen LogP contribution in [0.3, 0.4) is 0 Å². The van der Waals surface area contributed by atoms with Crippen LogP contribution in [0, 0.1) is 5.92 Å². The van der Waals surface area contributed by atoms with Gasteiger partial charge in [0.15, 0.2) is 17.6 Å². The molecule has 1 N–H and O–H groups in total. The third-order valence-electron chi connectivity index (χ3n) is 3.83. The van der Waals surface area contributed by atoms with Crippen LogP contribution < -0.4 is 14.8 Å². The van der Waals surface area contributed by atoms with Crippen molar-refractivity contribution in [2.45, 2.75) is 12.5 Å². The smallest absolute Gasteiger partial charge is 0.226 e. The zero-order chi connectivity index (χ0) is 13.9. The molecule has 2 aliphatic heterocycles. The van der Waals surface area contributed by atoms with E-state index in [0.717, 1.165) is 31.0 Å². The first kappa shape index (κ1) is 15.9. The molecule has 6 heteroatoms. The maximum Gasteiger partial charge on any atom is 0.226 e. The lowest BCUT2D eigenvalue weighted by atomic mass is 10.1. The lowest BCUT2D eigenvalue weighted by Gasteiger charge is -2.30. The molecule has 0 aromatic heterocycles. The molecule has 1 saturated heterocycles. The van der Waals surface area contributed by atoms with Crippen LogP contribution in [-0.4, -0.2) is 50.2 Å². The van der Waals surface area contributed by atoms with Gasteiger partial charge in [0, 0.05) is 13.6 Å². The van der Waals surface area contributed by atoms with Crippen LogP contribution in [0.2, 0.25) is 0 Å². The molecule has 5 nitrogen and oxygen atoms in total. The lowest BCUT2D eigenvalue weighted by Crippen LogP contribution is -2.44. The zero-order valence-corrected chi connectivity index (χ0v) is 12.9. The van der Waals surface area contributed by atoms with Crippen molar-refractivity contribution in [3.05, 3.63) is 24.3 Å². The predicted octanol–water partition coefficient (Wildman–Crippen LogP) is 1.32. The van der Waals surface area contributed by atoms with E-state index in [2.05, 4.69) is 5.32 Å². The fraction of sp³-hybridized carbons (Fsp3) is 0.533. The molecular formula is C15H21ClN2O3. The number of hydrogen-bond donors (Lipinski definition) is 1. The van der Waals surface area contributed by atoms with Crippen molar-refractivity contribution in [1.29, 1.82) is 0 Å². The van der Waals surface area contributed by atoms with Gasteiger partial charge in [-0.2, -0.15) is 0 Å². The first-order valence-electron chi connectivity index (χ1n) is 7.08. The minimum atomic E-state index is -0.104. The molecule has 1 amide bonds. The van der Waals surface area contributed by atoms with E-state index >= 15 is 0 Å². The van der Waals surface area contributed by atoms with Crippen molar-refractivity contribution in [3.8, 4) is 11.5 Å². The Kier molecular flexibility index (Phi) is 5.31. The second-order valence-corrected chi connectivity index (χ2v) is 5.41. The van der Waals surface area contributed by atoms with Gasteiger partial charge in [-0.1, -0.05) is 12.1 Å². The Balaban J connectivity index is 0.00000161. The number of ether oxygens (including phenoxy) is 2. The van der Waals surface area contributed by atoms with E-state index in [1.165, 1.54) is 0 Å². The summed E-state index contributed by atoms with van der Waals surface area (Å²) in [5.41, 5.74) is 0. The minimum Gasteiger partial charge on any atom is -0.486 e. The van der Waals surface area contributed by atoms with E-state index < -0.39 is 0 Å². The number of carbonyl (C=O) groups excluding carboxylic acids is 1. The van der Waals surface area contributed by atoms with Gasteiger partial charge in [-0.05, 0) is 25.1 Å². The van der Waals surface area contributed by atoms with Crippen molar-refractivity contribution in [1.82, 2.24) is 10.2 Å². The number of nitrogens with one attached hydrogen (secondary N) is 1. The number of nitrogens with zero attached hydrogens (tertiary/aromatic N) is 1. The van der Waals surface area contributed by atoms with E-state index in [0.29, 0.717) is 13.2 Å². The summed E-state index contributed by atoms with van der Waals surface area (Å²) in [5, 5.41) is 3.22. The van der Waals surface area contributed by atoms with Crippen molar-refractivity contribution >= 4 is 18.3 Å². The molecule has 1 fully saturated rings. The summed E-state index contributed by atoms with van der Waals surface area (Å²) >= 11 is 0. The quantitative estimate of drug-likeness (QED) is 0.914. The molecule has 0 radical (unpaired) electrons. The standard InChI is InChI=1S/C15H20N2O3.ClH/c1-17(15(18)11-6-7-16-8-11)9-12-10-19-13-4-2-3-5-14(13)20-12;/h2-5,11-12,16H,6-10H2,1H3;1H. The number of amides is 1. The molecule has 0 bridgehead atoms. The summed E-state index contributed by atoms with van der Waals surface area (Å²) < 4.78 is 11.5. The number of fused-ring (bicyclic) bond motifs is 1. The Morgan fingerprint density at radius 2 is 2.14 bits per heavy atom. The highest BCUT2D eigenvalue weighted by molar-refractivity contribution is 5.85. The average Bonchev–Trinajstić information content (AvgIpc) is 3.00. The number of halogens is 1. The van der Waals surface area contributed by atoms with Crippen LogP contribution in [0.15, 0.2) is 24.3 Å². The van der Waals surface area contributed by atoms with Gasteiger partial charge < -0.3 is 19.7 Å². The highest BCUT2D eigenvalue weighted by atomic mass is 35.5. The maximum absolute atomic E-state index is 12.3. The Bertz CT molecular complexity index is 492. The third-order valence-corrected chi connectivity index (χ3v) is 3.83. The number of rotatable bonds is 3. The monoisotopic (exact) mass is 312 g/mol. The number of benzene rings is 1. The molecule has 1 aromatic rings. The van der Waals surface area contributed by atoms with Crippen LogP contribution in [-0.2, 0) is 4.79 Å². The van der Waals surface area contributed by atoms with E-state index in [-0.39, 0.29) is 30.3 Å². The summed E-state index contributed by atoms with van der Waals surface area (Å²) in [6.07, 6.45) is 0.821. The number of para-hydroxylation sites is 2. The largest absolute Gasteiger partial charge is 0.486 e. The first-order chi connectivity index (χ1) is 9.74. The van der Waals surface area contributed by atoms with E-state index in [1.807, 2.05) is 31.3 Å². The number of likely N-dealkylation sites (N-methyl/N-ethyl adjacent to an activating group) is 1. The fourth-order valence-electron chi connectivity index (χ4n) is 2.73. The summed E-state index contributed by atoms with van der Waals surface area (Å²) in [6, 6.07) is 7.63. The molecule has 1 aromatic carbocycles. The molecule has 2 heterocycles. The second kappa shape index (κ2) is 7.00. The normalized spacial score (nSPS) is 23.3. The van der Waals surface area contributed by atoms with Crippen LogP contribution in [0.1, 0.15) is 6.42 Å². The maximum atomic E-state index is 12.3. The van der Waals surface area contributed by atoms with Gasteiger partial charge in [-0.3, -0.25) is 4.79 Å².